The molecule has 0 fully saturated rings. The molecule has 0 amide bonds. The van der Waals surface area contributed by atoms with Crippen molar-refractivity contribution in [3.63, 3.8) is 0 Å². The average molecular weight is 351 g/mol. The minimum absolute atomic E-state index is 0.518. The van der Waals surface area contributed by atoms with Crippen molar-refractivity contribution in [3.8, 4) is 0 Å². The largest absolute Gasteiger partial charge is 0.332 e. The Balaban J connectivity index is 1.83. The van der Waals surface area contributed by atoms with Crippen LogP contribution in [0.25, 0.3) is 0 Å². The lowest BCUT2D eigenvalue weighted by molar-refractivity contribution is 0.780. The Labute approximate surface area is 146 Å². The standard InChI is InChI=1S/C17H16Cl2N2S/c1-11-4-7-16-12(9-11)3-2-8-21(16)17(22)20-13-5-6-14(18)15(19)10-13/h4-7,9-10H,2-3,8H2,1H3,(H,20,22). The fourth-order valence-corrected chi connectivity index (χ4v) is 3.31. The highest BCUT2D eigenvalue weighted by Crippen LogP contribution is 2.29. The molecule has 2 nitrogen and oxygen atoms in total. The summed E-state index contributed by atoms with van der Waals surface area (Å²) in [4.78, 5) is 2.15. The van der Waals surface area contributed by atoms with E-state index in [1.807, 2.05) is 6.07 Å². The number of hydrogen-bond donors (Lipinski definition) is 1. The SMILES string of the molecule is Cc1ccc2c(c1)CCCN2C(=S)Nc1ccc(Cl)c(Cl)c1. The van der Waals surface area contributed by atoms with Gasteiger partial charge in [-0.2, -0.15) is 0 Å². The zero-order valence-electron chi connectivity index (χ0n) is 12.2. The summed E-state index contributed by atoms with van der Waals surface area (Å²) in [5, 5.41) is 4.99. The van der Waals surface area contributed by atoms with Gasteiger partial charge < -0.3 is 10.2 Å². The van der Waals surface area contributed by atoms with Crippen LogP contribution in [0, 0.1) is 6.92 Å². The fraction of sp³-hybridized carbons (Fsp3) is 0.235. The van der Waals surface area contributed by atoms with Crippen LogP contribution < -0.4 is 10.2 Å². The number of anilines is 2. The molecule has 0 bridgehead atoms. The first-order chi connectivity index (χ1) is 10.5. The van der Waals surface area contributed by atoms with E-state index in [9.17, 15) is 0 Å². The topological polar surface area (TPSA) is 15.3 Å². The van der Waals surface area contributed by atoms with E-state index in [1.165, 1.54) is 16.8 Å². The second kappa shape index (κ2) is 6.45. The van der Waals surface area contributed by atoms with Crippen molar-refractivity contribution in [1.82, 2.24) is 0 Å². The lowest BCUT2D eigenvalue weighted by atomic mass is 10.00. The molecule has 0 aromatic heterocycles. The average Bonchev–Trinajstić information content (AvgIpc) is 2.50. The summed E-state index contributed by atoms with van der Waals surface area (Å²) in [6.45, 7) is 3.04. The van der Waals surface area contributed by atoms with E-state index in [0.717, 1.165) is 25.1 Å². The predicted octanol–water partition coefficient (Wildman–Crippen LogP) is 5.45. The summed E-state index contributed by atoms with van der Waals surface area (Å²) in [7, 11) is 0. The van der Waals surface area contributed by atoms with Crippen LogP contribution in [-0.2, 0) is 6.42 Å². The molecule has 2 aromatic rings. The second-order valence-corrected chi connectivity index (χ2v) is 6.65. The van der Waals surface area contributed by atoms with Crippen LogP contribution in [0.4, 0.5) is 11.4 Å². The summed E-state index contributed by atoms with van der Waals surface area (Å²) in [6.07, 6.45) is 2.20. The highest BCUT2D eigenvalue weighted by molar-refractivity contribution is 7.80. The zero-order valence-corrected chi connectivity index (χ0v) is 14.5. The highest BCUT2D eigenvalue weighted by Gasteiger charge is 2.20. The molecule has 22 heavy (non-hydrogen) atoms. The third kappa shape index (κ3) is 3.22. The maximum atomic E-state index is 6.05. The molecule has 2 aromatic carbocycles. The smallest absolute Gasteiger partial charge is 0.177 e. The van der Waals surface area contributed by atoms with Crippen LogP contribution >= 0.6 is 35.4 Å². The number of nitrogens with zero attached hydrogens (tertiary/aromatic N) is 1. The monoisotopic (exact) mass is 350 g/mol. The molecule has 3 rings (SSSR count). The van der Waals surface area contributed by atoms with Crippen LogP contribution in [0.1, 0.15) is 17.5 Å². The molecule has 114 valence electrons. The number of fused-ring (bicyclic) bond motifs is 1. The normalized spacial score (nSPS) is 13.7. The van der Waals surface area contributed by atoms with Gasteiger partial charge in [0.15, 0.2) is 5.11 Å². The maximum Gasteiger partial charge on any atom is 0.177 e. The third-order valence-electron chi connectivity index (χ3n) is 3.77. The lowest BCUT2D eigenvalue weighted by Gasteiger charge is -2.32. The first kappa shape index (κ1) is 15.6. The van der Waals surface area contributed by atoms with Crippen molar-refractivity contribution in [2.45, 2.75) is 19.8 Å². The van der Waals surface area contributed by atoms with Crippen molar-refractivity contribution >= 4 is 51.9 Å². The number of halogens is 2. The zero-order chi connectivity index (χ0) is 15.7. The first-order valence-electron chi connectivity index (χ1n) is 7.18. The van der Waals surface area contributed by atoms with Crippen molar-refractivity contribution < 1.29 is 0 Å². The van der Waals surface area contributed by atoms with Crippen molar-refractivity contribution in [2.24, 2.45) is 0 Å². The van der Waals surface area contributed by atoms with Gasteiger partial charge in [-0.3, -0.25) is 0 Å². The molecule has 0 radical (unpaired) electrons. The number of nitrogens with one attached hydrogen (secondary N) is 1. The Morgan fingerprint density at radius 1 is 1.14 bits per heavy atom. The van der Waals surface area contributed by atoms with Crippen molar-refractivity contribution in [1.29, 1.82) is 0 Å². The van der Waals surface area contributed by atoms with E-state index >= 15 is 0 Å². The van der Waals surface area contributed by atoms with Crippen LogP contribution in [0.2, 0.25) is 10.0 Å². The molecule has 1 N–H and O–H groups in total. The molecule has 0 unspecified atom stereocenters. The molecule has 0 spiro atoms. The van der Waals surface area contributed by atoms with Crippen LogP contribution in [0.15, 0.2) is 36.4 Å². The van der Waals surface area contributed by atoms with E-state index < -0.39 is 0 Å². The van der Waals surface area contributed by atoms with E-state index in [4.69, 9.17) is 35.4 Å². The van der Waals surface area contributed by atoms with E-state index in [-0.39, 0.29) is 0 Å². The molecule has 1 heterocycles. The quantitative estimate of drug-likeness (QED) is 0.688. The van der Waals surface area contributed by atoms with Gasteiger partial charge in [-0.05, 0) is 61.8 Å². The molecule has 1 aliphatic rings. The minimum atomic E-state index is 0.518. The molecule has 0 saturated heterocycles. The number of aryl methyl sites for hydroxylation is 2. The molecule has 0 aliphatic carbocycles. The van der Waals surface area contributed by atoms with Crippen LogP contribution in [-0.4, -0.2) is 11.7 Å². The summed E-state index contributed by atoms with van der Waals surface area (Å²) < 4.78 is 0. The lowest BCUT2D eigenvalue weighted by Crippen LogP contribution is -2.38. The molecular formula is C17H16Cl2N2S. The molecule has 0 atom stereocenters. The Morgan fingerprint density at radius 3 is 2.73 bits per heavy atom. The third-order valence-corrected chi connectivity index (χ3v) is 4.83. The van der Waals surface area contributed by atoms with Gasteiger partial charge in [0.2, 0.25) is 0 Å². The number of thiocarbonyl (C=S) groups is 1. The van der Waals surface area contributed by atoms with Gasteiger partial charge in [0, 0.05) is 17.9 Å². The number of rotatable bonds is 1. The van der Waals surface area contributed by atoms with Gasteiger partial charge in [0.25, 0.3) is 0 Å². The van der Waals surface area contributed by atoms with Gasteiger partial charge in [0.05, 0.1) is 10.0 Å². The van der Waals surface area contributed by atoms with Gasteiger partial charge in [-0.1, -0.05) is 40.9 Å². The molecule has 5 heteroatoms. The fourth-order valence-electron chi connectivity index (χ4n) is 2.70. The number of benzene rings is 2. The summed E-state index contributed by atoms with van der Waals surface area (Å²) >= 11 is 17.6. The highest BCUT2D eigenvalue weighted by atomic mass is 35.5. The van der Waals surface area contributed by atoms with Crippen molar-refractivity contribution in [3.05, 3.63) is 57.6 Å². The van der Waals surface area contributed by atoms with E-state index in [0.29, 0.717) is 15.2 Å². The molecular weight excluding hydrogens is 335 g/mol. The molecule has 1 aliphatic heterocycles. The van der Waals surface area contributed by atoms with Crippen LogP contribution in [0.3, 0.4) is 0 Å². The predicted molar refractivity (Wildman–Crippen MR) is 99.5 cm³/mol. The Morgan fingerprint density at radius 2 is 1.95 bits per heavy atom. The Hall–Kier alpha value is -1.29. The minimum Gasteiger partial charge on any atom is -0.332 e. The maximum absolute atomic E-state index is 6.05. The Bertz CT molecular complexity index is 731. The van der Waals surface area contributed by atoms with E-state index in [2.05, 4.69) is 35.3 Å². The van der Waals surface area contributed by atoms with Gasteiger partial charge >= 0.3 is 0 Å². The van der Waals surface area contributed by atoms with Gasteiger partial charge in [-0.25, -0.2) is 0 Å². The summed E-state index contributed by atoms with van der Waals surface area (Å²) in [5.41, 5.74) is 4.67. The van der Waals surface area contributed by atoms with Gasteiger partial charge in [0.1, 0.15) is 0 Å². The summed E-state index contributed by atoms with van der Waals surface area (Å²) in [5.74, 6) is 0. The molecule has 0 saturated carbocycles. The van der Waals surface area contributed by atoms with Gasteiger partial charge in [-0.15, -0.1) is 0 Å². The van der Waals surface area contributed by atoms with Crippen LogP contribution in [0.5, 0.6) is 0 Å². The Kier molecular flexibility index (Phi) is 4.57. The van der Waals surface area contributed by atoms with E-state index in [1.54, 1.807) is 12.1 Å². The summed E-state index contributed by atoms with van der Waals surface area (Å²) in [6, 6.07) is 11.9. The van der Waals surface area contributed by atoms with Crippen molar-refractivity contribution in [2.75, 3.05) is 16.8 Å². The second-order valence-electron chi connectivity index (χ2n) is 5.45. The first-order valence-corrected chi connectivity index (χ1v) is 8.34. The number of hydrogen-bond acceptors (Lipinski definition) is 1.